The largest absolute Gasteiger partial charge is 0.508 e. The number of amides is 1. The lowest BCUT2D eigenvalue weighted by molar-refractivity contribution is -0.150. The van der Waals surface area contributed by atoms with Crippen molar-refractivity contribution in [3.8, 4) is 86.6 Å². The van der Waals surface area contributed by atoms with Crippen molar-refractivity contribution in [3.63, 3.8) is 0 Å². The summed E-state index contributed by atoms with van der Waals surface area (Å²) in [6.07, 6.45) is 1.51. The highest BCUT2D eigenvalue weighted by atomic mass is 35.5. The fourth-order valence-electron chi connectivity index (χ4n) is 12.2. The van der Waals surface area contributed by atoms with Crippen LogP contribution in [-0.2, 0) is 28.7 Å². The van der Waals surface area contributed by atoms with Crippen LogP contribution in [0.4, 0.5) is 30.7 Å². The molecule has 1 saturated carbocycles. The maximum atomic E-state index is 13.1. The Labute approximate surface area is 802 Å². The summed E-state index contributed by atoms with van der Waals surface area (Å²) in [5.74, 6) is -2.19. The summed E-state index contributed by atoms with van der Waals surface area (Å²) in [5, 5.41) is 59.0. The number of ketones is 3. The highest BCUT2D eigenvalue weighted by molar-refractivity contribution is 6.43. The number of carbonyl (C=O) groups excluding carboxylic acids is 7. The minimum absolute atomic E-state index is 0.0685. The Morgan fingerprint density at radius 1 is 0.414 bits per heavy atom. The molecule has 3 unspecified atom stereocenters. The number of esters is 2. The molecule has 140 heavy (non-hydrogen) atoms. The number of aldehydes is 1. The van der Waals surface area contributed by atoms with Crippen molar-refractivity contribution < 1.29 is 137 Å². The number of aromatic hydroxyl groups is 1. The molecule has 1 aliphatic carbocycles. The zero-order chi connectivity index (χ0) is 101. The predicted octanol–water partition coefficient (Wildman–Crippen LogP) is 22.1. The second-order valence-corrected chi connectivity index (χ2v) is 30.4. The third kappa shape index (κ3) is 34.8. The quantitative estimate of drug-likeness (QED) is 0.00633. The van der Waals surface area contributed by atoms with E-state index in [1.165, 1.54) is 213 Å². The molecule has 718 valence electrons. The number of hydrogen-bond acceptors (Lipinski definition) is 23. The minimum Gasteiger partial charge on any atom is -0.508 e. The summed E-state index contributed by atoms with van der Waals surface area (Å²) in [7, 11) is 2.35. The van der Waals surface area contributed by atoms with Gasteiger partial charge in [-0.15, -0.1) is 0 Å². The van der Waals surface area contributed by atoms with Crippen LogP contribution in [0.25, 0.3) is 0 Å². The molecule has 1 amide bonds. The summed E-state index contributed by atoms with van der Waals surface area (Å²) in [4.78, 5) is 94.0. The van der Waals surface area contributed by atoms with E-state index in [1.54, 1.807) is 133 Å². The number of likely N-dealkylation sites (tertiary alicyclic amines) is 1. The Hall–Kier alpha value is -16.8. The topological polar surface area (TPSA) is 360 Å². The molecule has 0 aromatic heterocycles. The Morgan fingerprint density at radius 2 is 0.714 bits per heavy atom. The van der Waals surface area contributed by atoms with Crippen molar-refractivity contribution >= 4 is 59.1 Å². The molecule has 2 aliphatic rings. The summed E-state index contributed by atoms with van der Waals surface area (Å²) < 4.78 is 136. The van der Waals surface area contributed by atoms with Crippen LogP contribution in [0.1, 0.15) is 102 Å². The lowest BCUT2D eigenvalue weighted by atomic mass is 10.0. The van der Waals surface area contributed by atoms with E-state index in [9.17, 15) is 84.4 Å². The van der Waals surface area contributed by atoms with Crippen LogP contribution in [0.3, 0.4) is 0 Å². The van der Waals surface area contributed by atoms with E-state index in [0.29, 0.717) is 109 Å². The molecule has 6 N–H and O–H groups in total. The highest BCUT2D eigenvalue weighted by Gasteiger charge is 2.31. The summed E-state index contributed by atoms with van der Waals surface area (Å²) in [6.45, 7) is 2.11. The molecular weight excluding hydrogens is 1850 g/mol. The lowest BCUT2D eigenvalue weighted by Gasteiger charge is -2.28. The van der Waals surface area contributed by atoms with Gasteiger partial charge in [0.1, 0.15) is 134 Å². The number of nitriles is 1. The number of nitrogens with one attached hydrogen (secondary N) is 1. The monoisotopic (exact) mass is 1930 g/mol. The first kappa shape index (κ1) is 105. The first-order valence-electron chi connectivity index (χ1n) is 42.4. The van der Waals surface area contributed by atoms with Crippen LogP contribution < -0.4 is 38.5 Å². The number of rotatable bonds is 29. The molecule has 0 radical (unpaired) electrons. The molecule has 4 atom stereocenters. The number of benzene rings is 14. The van der Waals surface area contributed by atoms with Gasteiger partial charge in [0, 0.05) is 28.8 Å². The molecule has 1 saturated heterocycles. The SMILES string of the molecule is COC(=O)C(=O)c1ccc(Oc2ccc(F)cc2)cc1.COC(=O)C(O)c1ccc(Oc2ccc(F)cc2)cc1.N#CC(O)c1ccc(Oc2ccc(F)cc2)cc1.O=C(NC(CN1CCCC1)[C@H](O)c1ccc(OC2CC2)c(Cl)c1)C(=O)c1ccc(Oc2ccc(F)cc2)cc1.O=C(O)C(=O)c1ccc(Oc2ccc(F)cc2)cc1.O=Cc1ccc(Oc2ccc(F)cc2)cc1.Oc1ccc(F)cc1. The lowest BCUT2D eigenvalue weighted by Crippen LogP contribution is -2.48. The van der Waals surface area contributed by atoms with Crippen LogP contribution in [0.5, 0.6) is 80.5 Å². The second kappa shape index (κ2) is 53.5. The van der Waals surface area contributed by atoms with Crippen LogP contribution in [0.2, 0.25) is 5.02 Å². The number of Topliss-reactive ketones (excluding diaryl/α,β-unsaturated/α-hetero) is 3. The summed E-state index contributed by atoms with van der Waals surface area (Å²) in [6, 6.07) is 81.9. The number of ether oxygens (including phenoxy) is 9. The maximum absolute atomic E-state index is 13.1. The van der Waals surface area contributed by atoms with E-state index in [0.717, 1.165) is 52.2 Å². The zero-order valence-corrected chi connectivity index (χ0v) is 75.0. The van der Waals surface area contributed by atoms with Crippen LogP contribution in [-0.4, -0.2) is 124 Å². The maximum Gasteiger partial charge on any atom is 0.379 e. The summed E-state index contributed by atoms with van der Waals surface area (Å²) in [5.41, 5.74) is 2.49. The number of carboxylic acids is 1. The van der Waals surface area contributed by atoms with Gasteiger partial charge < -0.3 is 78.4 Å². The molecule has 0 bridgehead atoms. The van der Waals surface area contributed by atoms with Gasteiger partial charge in [-0.3, -0.25) is 24.0 Å². The Morgan fingerprint density at radius 3 is 1.01 bits per heavy atom. The van der Waals surface area contributed by atoms with Crippen molar-refractivity contribution in [2.75, 3.05) is 33.9 Å². The van der Waals surface area contributed by atoms with Gasteiger partial charge in [-0.05, 0) is 359 Å². The van der Waals surface area contributed by atoms with Crippen molar-refractivity contribution in [1.82, 2.24) is 10.2 Å². The number of aliphatic hydroxyl groups is 3. The predicted molar refractivity (Wildman–Crippen MR) is 499 cm³/mol. The molecule has 1 heterocycles. The zero-order valence-electron chi connectivity index (χ0n) is 74.3. The van der Waals surface area contributed by atoms with Crippen molar-refractivity contribution in [1.29, 1.82) is 5.26 Å². The fourth-order valence-corrected chi connectivity index (χ4v) is 12.5. The number of carboxylic acid groups (broad SMARTS) is 1. The molecule has 25 nitrogen and oxygen atoms in total. The third-order valence-corrected chi connectivity index (χ3v) is 20.0. The Kier molecular flexibility index (Phi) is 40.2. The number of carbonyl (C=O) groups is 8. The van der Waals surface area contributed by atoms with Gasteiger partial charge in [0.15, 0.2) is 12.2 Å². The van der Waals surface area contributed by atoms with E-state index in [2.05, 4.69) is 19.7 Å². The summed E-state index contributed by atoms with van der Waals surface area (Å²) >= 11 is 6.41. The van der Waals surface area contributed by atoms with E-state index in [4.69, 9.17) is 60.2 Å². The van der Waals surface area contributed by atoms with Gasteiger partial charge in [0.25, 0.3) is 17.5 Å². The van der Waals surface area contributed by atoms with Gasteiger partial charge in [-0.2, -0.15) is 5.26 Å². The molecule has 14 aromatic rings. The van der Waals surface area contributed by atoms with Crippen molar-refractivity contribution in [2.24, 2.45) is 0 Å². The van der Waals surface area contributed by atoms with E-state index in [1.807, 2.05) is 0 Å². The number of methoxy groups -OCH3 is 2. The first-order valence-corrected chi connectivity index (χ1v) is 42.8. The molecular formula is C107H87ClF7N3O22. The molecule has 1 aliphatic heterocycles. The van der Waals surface area contributed by atoms with Crippen molar-refractivity contribution in [3.05, 3.63) is 418 Å². The van der Waals surface area contributed by atoms with Gasteiger partial charge in [-0.25, -0.2) is 45.1 Å². The van der Waals surface area contributed by atoms with Crippen LogP contribution in [0, 0.1) is 52.1 Å². The number of phenols is 1. The number of hydrogen-bond donors (Lipinski definition) is 6. The number of aliphatic carboxylic acids is 1. The molecule has 33 heteroatoms. The number of phenolic OH excluding ortho intramolecular Hbond substituents is 1. The molecule has 14 aromatic carbocycles. The smallest absolute Gasteiger partial charge is 0.379 e. The molecule has 0 spiro atoms. The third-order valence-electron chi connectivity index (χ3n) is 19.7. The number of aliphatic hydroxyl groups excluding tert-OH is 3. The molecule has 2 fully saturated rings. The number of nitrogens with zero attached hydrogens (tertiary/aromatic N) is 2. The van der Waals surface area contributed by atoms with E-state index < -0.39 is 65.5 Å². The van der Waals surface area contributed by atoms with Crippen LogP contribution >= 0.6 is 11.6 Å². The van der Waals surface area contributed by atoms with E-state index >= 15 is 0 Å². The van der Waals surface area contributed by atoms with Crippen molar-refractivity contribution in [2.45, 2.75) is 56.1 Å². The van der Waals surface area contributed by atoms with E-state index in [-0.39, 0.29) is 69.3 Å². The average Bonchev–Trinajstić information content (AvgIpc) is 1.52. The van der Waals surface area contributed by atoms with Gasteiger partial charge in [0.2, 0.25) is 5.78 Å². The normalized spacial score (nSPS) is 12.3. The van der Waals surface area contributed by atoms with Gasteiger partial charge >= 0.3 is 17.9 Å². The first-order chi connectivity index (χ1) is 67.4. The van der Waals surface area contributed by atoms with Crippen LogP contribution in [0.15, 0.2) is 334 Å². The highest BCUT2D eigenvalue weighted by Crippen LogP contribution is 2.36. The minimum atomic E-state index is -1.51. The molecule has 16 rings (SSSR count). The fraction of sp³-hybridized carbons (Fsp3) is 0.131. The van der Waals surface area contributed by atoms with Gasteiger partial charge in [0.05, 0.1) is 37.5 Å². The average molecular weight is 1940 g/mol. The second-order valence-electron chi connectivity index (χ2n) is 30.0. The standard InChI is InChI=1S/C30H30ClFN2O5.C15H13FO4.C15H11FO4.C14H10FNO2.C14H9FO4.C13H9FO2.C6H5FO/c31-25-17-20(5-14-27(25)39-24-12-13-24)28(35)26(18-34-15-1-2-16-34)33-30(37)29(36)19-3-8-22(9-4-19)38-23-10-6-21(32)7-11-23;2*1-19-15(18)14(17)10-2-6-12(7-3-10)20-13-8-4-11(16)5-9-13;15-11-3-7-13(8-4-11)18-12-5-1-10(2-6-12)14(17)9-16;15-10-3-7-12(8-4-10)19-11-5-1-9(2-6-11)13(16)14(17)18;14-11-3-7-13(8-4-11)16-12-5-1-10(9-15)2-6-12;7-5-1-3-6(8)4-2-5/h3-11,14,17,24,26,28,35H,1-2,12-13,15-16,18H2,(H,33,37);2-9,14,17H,1H3;2-9H,1H3;1-8,14,17H;1-8H,(H,17,18);1-9H;1-4,8H/t26?,28-;;;;;;/m1....../s1. The Balaban J connectivity index is 0.000000175. The number of halogens is 8. The van der Waals surface area contributed by atoms with Gasteiger partial charge in [-0.1, -0.05) is 41.9 Å². The Bertz CT molecular complexity index is 6420.